The second kappa shape index (κ2) is 11.2. The summed E-state index contributed by atoms with van der Waals surface area (Å²) in [4.78, 5) is 24.6. The maximum atomic E-state index is 14.2. The topological polar surface area (TPSA) is 106 Å². The van der Waals surface area contributed by atoms with Crippen molar-refractivity contribution in [3.05, 3.63) is 59.4 Å². The second-order valence-corrected chi connectivity index (χ2v) is 11.6. The molecule has 2 fully saturated rings. The smallest absolute Gasteiger partial charge is 0.406 e. The number of fused-ring (bicyclic) bond motifs is 1. The Morgan fingerprint density at radius 2 is 1.98 bits per heavy atom. The Morgan fingerprint density at radius 3 is 2.72 bits per heavy atom. The molecule has 228 valence electrons. The van der Waals surface area contributed by atoms with Gasteiger partial charge in [0.2, 0.25) is 0 Å². The van der Waals surface area contributed by atoms with Crippen molar-refractivity contribution in [2.45, 2.75) is 58.0 Å². The van der Waals surface area contributed by atoms with Crippen molar-refractivity contribution in [1.82, 2.24) is 30.4 Å². The van der Waals surface area contributed by atoms with Crippen molar-refractivity contribution in [2.24, 2.45) is 5.41 Å². The first kappa shape index (κ1) is 29.0. The van der Waals surface area contributed by atoms with Gasteiger partial charge in [0, 0.05) is 61.5 Å². The number of ether oxygens (including phenoxy) is 2. The largest absolute Gasteiger partial charge is 0.490 e. The number of carbonyl (C=O) groups excluding carboxylic acids is 1. The van der Waals surface area contributed by atoms with Crippen molar-refractivity contribution < 1.29 is 31.8 Å². The first-order valence-electron chi connectivity index (χ1n) is 14.1. The molecule has 3 aliphatic rings. The molecule has 1 aromatic carbocycles. The average molecular weight is 602 g/mol. The van der Waals surface area contributed by atoms with Crippen LogP contribution < -0.4 is 19.7 Å². The van der Waals surface area contributed by atoms with Gasteiger partial charge in [-0.15, -0.1) is 10.2 Å². The summed E-state index contributed by atoms with van der Waals surface area (Å²) in [5.74, 6) is -0.745. The van der Waals surface area contributed by atoms with Gasteiger partial charge in [0.05, 0.1) is 5.56 Å². The molecule has 14 heteroatoms. The van der Waals surface area contributed by atoms with Crippen LogP contribution in [0.2, 0.25) is 0 Å². The lowest BCUT2D eigenvalue weighted by Gasteiger charge is -2.58. The number of nitrogens with one attached hydrogen (secondary N) is 1. The number of halogens is 4. The van der Waals surface area contributed by atoms with Crippen LogP contribution in [0.25, 0.3) is 0 Å². The summed E-state index contributed by atoms with van der Waals surface area (Å²) in [5.41, 5.74) is 1.88. The van der Waals surface area contributed by atoms with Gasteiger partial charge in [-0.25, -0.2) is 9.37 Å². The molecule has 4 heterocycles. The van der Waals surface area contributed by atoms with E-state index >= 15 is 0 Å². The van der Waals surface area contributed by atoms with E-state index in [2.05, 4.69) is 25.5 Å². The van der Waals surface area contributed by atoms with Gasteiger partial charge < -0.3 is 24.6 Å². The number of benzene rings is 1. The van der Waals surface area contributed by atoms with E-state index < -0.39 is 30.5 Å². The number of amides is 1. The lowest BCUT2D eigenvalue weighted by molar-refractivity contribution is -0.143. The fraction of sp³-hybridized carbons (Fsp3) is 0.483. The molecule has 0 atom stereocenters. The molecular formula is C29H31F4N7O3. The standard InChI is InChI=1S/C29H31F4N7O3/c1-17(2)40(15-29(31,32)33)27(41)20-9-18(30)3-4-23(20)43-26-25(36-16-37-38-26)39-13-28(14-39)10-19(11-28)42-24-6-8-35-22-5-7-34-12-21(22)24/h3-4,6,8-9,16-17,19,34H,5,7,10-15H2,1-2H3. The Bertz CT molecular complexity index is 1510. The molecule has 6 rings (SSSR count). The van der Waals surface area contributed by atoms with E-state index in [-0.39, 0.29) is 28.7 Å². The Balaban J connectivity index is 1.14. The fourth-order valence-electron chi connectivity index (χ4n) is 6.03. The molecule has 2 aliphatic heterocycles. The summed E-state index contributed by atoms with van der Waals surface area (Å²) in [6, 6.07) is 4.22. The monoisotopic (exact) mass is 601 g/mol. The van der Waals surface area contributed by atoms with Crippen molar-refractivity contribution in [3.8, 4) is 17.4 Å². The highest BCUT2D eigenvalue weighted by atomic mass is 19.4. The molecule has 1 spiro atoms. The van der Waals surface area contributed by atoms with E-state index in [4.69, 9.17) is 9.47 Å². The highest BCUT2D eigenvalue weighted by molar-refractivity contribution is 5.97. The van der Waals surface area contributed by atoms with Gasteiger partial charge in [0.25, 0.3) is 11.8 Å². The molecule has 1 saturated heterocycles. The molecule has 1 aliphatic carbocycles. The maximum Gasteiger partial charge on any atom is 0.406 e. The van der Waals surface area contributed by atoms with Gasteiger partial charge in [-0.3, -0.25) is 9.78 Å². The predicted octanol–water partition coefficient (Wildman–Crippen LogP) is 4.30. The zero-order valence-electron chi connectivity index (χ0n) is 23.7. The van der Waals surface area contributed by atoms with E-state index in [9.17, 15) is 22.4 Å². The lowest BCUT2D eigenvalue weighted by atomic mass is 9.61. The van der Waals surface area contributed by atoms with Crippen LogP contribution in [-0.2, 0) is 13.0 Å². The number of aromatic nitrogens is 4. The number of anilines is 1. The molecule has 0 radical (unpaired) electrons. The maximum absolute atomic E-state index is 14.2. The molecule has 43 heavy (non-hydrogen) atoms. The Kier molecular flexibility index (Phi) is 7.57. The minimum atomic E-state index is -4.63. The van der Waals surface area contributed by atoms with Crippen molar-refractivity contribution in [2.75, 3.05) is 31.1 Å². The minimum absolute atomic E-state index is 0.0343. The summed E-state index contributed by atoms with van der Waals surface area (Å²) in [7, 11) is 0. The van der Waals surface area contributed by atoms with Gasteiger partial charge in [-0.05, 0) is 51.0 Å². The summed E-state index contributed by atoms with van der Waals surface area (Å²) in [6.45, 7) is 4.39. The van der Waals surface area contributed by atoms with E-state index in [1.807, 2.05) is 11.0 Å². The van der Waals surface area contributed by atoms with E-state index in [0.717, 1.165) is 61.5 Å². The third-order valence-corrected chi connectivity index (χ3v) is 8.09. The van der Waals surface area contributed by atoms with Crippen LogP contribution >= 0.6 is 0 Å². The van der Waals surface area contributed by atoms with E-state index in [1.54, 1.807) is 6.20 Å². The highest BCUT2D eigenvalue weighted by Crippen LogP contribution is 2.52. The van der Waals surface area contributed by atoms with Crippen LogP contribution in [0, 0.1) is 11.2 Å². The van der Waals surface area contributed by atoms with Crippen LogP contribution in [0.3, 0.4) is 0 Å². The number of alkyl halides is 3. The van der Waals surface area contributed by atoms with E-state index in [0.29, 0.717) is 23.8 Å². The van der Waals surface area contributed by atoms with Crippen LogP contribution in [-0.4, -0.2) is 75.5 Å². The van der Waals surface area contributed by atoms with Gasteiger partial charge in [-0.2, -0.15) is 13.2 Å². The molecule has 10 nitrogen and oxygen atoms in total. The van der Waals surface area contributed by atoms with Crippen molar-refractivity contribution in [3.63, 3.8) is 0 Å². The van der Waals surface area contributed by atoms with Crippen molar-refractivity contribution >= 4 is 11.7 Å². The first-order valence-corrected chi connectivity index (χ1v) is 14.1. The SMILES string of the molecule is CC(C)N(CC(F)(F)F)C(=O)c1cc(F)ccc1Oc1nncnc1N1CC2(CC(Oc3ccnc4c3CNCC4)C2)C1. The van der Waals surface area contributed by atoms with Gasteiger partial charge in [0.1, 0.15) is 36.3 Å². The Labute approximate surface area is 245 Å². The molecule has 2 aromatic heterocycles. The molecule has 0 unspecified atom stereocenters. The summed E-state index contributed by atoms with van der Waals surface area (Å²) >= 11 is 0. The molecule has 0 bridgehead atoms. The van der Waals surface area contributed by atoms with Gasteiger partial charge >= 0.3 is 6.18 Å². The zero-order chi connectivity index (χ0) is 30.4. The number of nitrogens with zero attached hydrogens (tertiary/aromatic N) is 6. The summed E-state index contributed by atoms with van der Waals surface area (Å²) < 4.78 is 66.1. The zero-order valence-corrected chi connectivity index (χ0v) is 23.7. The second-order valence-electron chi connectivity index (χ2n) is 11.6. The van der Waals surface area contributed by atoms with Crippen LogP contribution in [0.5, 0.6) is 17.4 Å². The summed E-state index contributed by atoms with van der Waals surface area (Å²) in [6.07, 6.45) is 1.12. The normalized spacial score (nSPS) is 17.7. The van der Waals surface area contributed by atoms with E-state index in [1.165, 1.54) is 26.2 Å². The Hall–Kier alpha value is -4.07. The molecule has 3 aromatic rings. The summed E-state index contributed by atoms with van der Waals surface area (Å²) in [5, 5.41) is 11.2. The minimum Gasteiger partial charge on any atom is -0.490 e. The third kappa shape index (κ3) is 6.05. The highest BCUT2D eigenvalue weighted by Gasteiger charge is 2.54. The molecule has 1 saturated carbocycles. The molecule has 1 amide bonds. The van der Waals surface area contributed by atoms with Crippen LogP contribution in [0.1, 0.15) is 48.3 Å². The first-order chi connectivity index (χ1) is 20.5. The molecule has 1 N–H and O–H groups in total. The Morgan fingerprint density at radius 1 is 1.19 bits per heavy atom. The number of carbonyl (C=O) groups is 1. The fourth-order valence-corrected chi connectivity index (χ4v) is 6.03. The van der Waals surface area contributed by atoms with Crippen LogP contribution in [0.15, 0.2) is 36.8 Å². The number of rotatable bonds is 8. The van der Waals surface area contributed by atoms with Gasteiger partial charge in [-0.1, -0.05) is 0 Å². The number of hydrogen-bond donors (Lipinski definition) is 1. The quantitative estimate of drug-likeness (QED) is 0.379. The molecular weight excluding hydrogens is 570 g/mol. The number of hydrogen-bond acceptors (Lipinski definition) is 9. The third-order valence-electron chi connectivity index (χ3n) is 8.09. The van der Waals surface area contributed by atoms with Crippen molar-refractivity contribution in [1.29, 1.82) is 0 Å². The predicted molar refractivity (Wildman–Crippen MR) is 146 cm³/mol. The average Bonchev–Trinajstić information content (AvgIpc) is 2.93. The number of pyridine rings is 1. The lowest BCUT2D eigenvalue weighted by Crippen LogP contribution is -2.65. The van der Waals surface area contributed by atoms with Crippen LogP contribution in [0.4, 0.5) is 23.4 Å². The van der Waals surface area contributed by atoms with Gasteiger partial charge in [0.15, 0.2) is 5.82 Å².